The quantitative estimate of drug-likeness (QED) is 0.617. The predicted molar refractivity (Wildman–Crippen MR) is 110 cm³/mol. The number of rotatable bonds is 7. The molecule has 1 aromatic carbocycles. The van der Waals surface area contributed by atoms with Gasteiger partial charge in [0.05, 0.1) is 37.9 Å². The zero-order chi connectivity index (χ0) is 22.7. The van der Waals surface area contributed by atoms with Crippen LogP contribution in [0.3, 0.4) is 0 Å². The lowest BCUT2D eigenvalue weighted by atomic mass is 9.99. The molecule has 0 atom stereocenters. The van der Waals surface area contributed by atoms with Gasteiger partial charge in [0.25, 0.3) is 0 Å². The van der Waals surface area contributed by atoms with Gasteiger partial charge in [-0.15, -0.1) is 0 Å². The molecule has 1 aliphatic heterocycles. The third-order valence-electron chi connectivity index (χ3n) is 5.12. The van der Waals surface area contributed by atoms with E-state index in [1.54, 1.807) is 24.4 Å². The Morgan fingerprint density at radius 2 is 2.12 bits per heavy atom. The van der Waals surface area contributed by atoms with Gasteiger partial charge in [0, 0.05) is 11.5 Å². The number of anilines is 2. The summed E-state index contributed by atoms with van der Waals surface area (Å²) in [6, 6.07) is 4.95. The van der Waals surface area contributed by atoms with Crippen molar-refractivity contribution in [1.82, 2.24) is 9.97 Å². The fourth-order valence-corrected chi connectivity index (χ4v) is 3.41. The minimum Gasteiger partial charge on any atom is -0.481 e. The molecule has 2 heterocycles. The molecule has 0 amide bonds. The first-order chi connectivity index (χ1) is 15.4. The van der Waals surface area contributed by atoms with E-state index in [0.29, 0.717) is 30.9 Å². The number of methoxy groups -OCH3 is 1. The van der Waals surface area contributed by atoms with Crippen LogP contribution in [0.15, 0.2) is 30.5 Å². The molecule has 2 aromatic rings. The summed E-state index contributed by atoms with van der Waals surface area (Å²) in [5, 5.41) is 2.93. The molecule has 10 heteroatoms. The number of benzene rings is 1. The van der Waals surface area contributed by atoms with E-state index >= 15 is 0 Å². The molecular weight excluding hydrogens is 427 g/mol. The van der Waals surface area contributed by atoms with Crippen LogP contribution < -0.4 is 10.1 Å². The standard InChI is InChI=1S/C22H22F3N3O4/c1-30-21(29)18-20(26-11-17(27-18)14-5-6-14)28-16-4-2-3-15(13-7-9-31-10-8-13)19(16)32-12-22(23,24)25/h2-4,7,11,14H,5-6,8-10,12H2,1H3,(H,26,28). The van der Waals surface area contributed by atoms with Crippen LogP contribution in [-0.2, 0) is 9.47 Å². The maximum absolute atomic E-state index is 13.0. The Labute approximate surface area is 182 Å². The zero-order valence-electron chi connectivity index (χ0n) is 17.4. The number of carbonyl (C=O) groups excluding carboxylic acids is 1. The molecule has 0 bridgehead atoms. The number of aromatic nitrogens is 2. The summed E-state index contributed by atoms with van der Waals surface area (Å²) in [6.07, 6.45) is 1.34. The lowest BCUT2D eigenvalue weighted by Gasteiger charge is -2.21. The highest BCUT2D eigenvalue weighted by atomic mass is 19.4. The number of nitrogens with one attached hydrogen (secondary N) is 1. The first-order valence-electron chi connectivity index (χ1n) is 10.2. The van der Waals surface area contributed by atoms with Crippen molar-refractivity contribution >= 4 is 23.0 Å². The van der Waals surface area contributed by atoms with Gasteiger partial charge in [-0.25, -0.2) is 14.8 Å². The third kappa shape index (κ3) is 5.18. The average Bonchev–Trinajstić information content (AvgIpc) is 3.63. The Kier molecular flexibility index (Phi) is 6.31. The summed E-state index contributed by atoms with van der Waals surface area (Å²) in [4.78, 5) is 21.0. The van der Waals surface area contributed by atoms with Crippen LogP contribution in [0.1, 0.15) is 46.9 Å². The van der Waals surface area contributed by atoms with Gasteiger partial charge in [-0.05, 0) is 30.9 Å². The number of nitrogens with zero attached hydrogens (tertiary/aromatic N) is 2. The van der Waals surface area contributed by atoms with Crippen molar-refractivity contribution in [3.05, 3.63) is 47.4 Å². The van der Waals surface area contributed by atoms with Crippen molar-refractivity contribution in [3.8, 4) is 5.75 Å². The van der Waals surface area contributed by atoms with Crippen molar-refractivity contribution in [2.75, 3.05) is 32.2 Å². The number of para-hydroxylation sites is 1. The minimum absolute atomic E-state index is 0.0156. The van der Waals surface area contributed by atoms with E-state index in [-0.39, 0.29) is 28.9 Å². The van der Waals surface area contributed by atoms with E-state index in [1.807, 2.05) is 6.08 Å². The van der Waals surface area contributed by atoms with Crippen molar-refractivity contribution in [2.45, 2.75) is 31.4 Å². The first-order valence-corrected chi connectivity index (χ1v) is 10.2. The topological polar surface area (TPSA) is 82.6 Å². The fourth-order valence-electron chi connectivity index (χ4n) is 3.41. The van der Waals surface area contributed by atoms with Gasteiger partial charge in [0.2, 0.25) is 0 Å². The highest BCUT2D eigenvalue weighted by molar-refractivity contribution is 5.93. The second-order valence-electron chi connectivity index (χ2n) is 7.52. The van der Waals surface area contributed by atoms with Crippen LogP contribution in [0.2, 0.25) is 0 Å². The zero-order valence-corrected chi connectivity index (χ0v) is 17.4. The molecule has 2 aliphatic rings. The van der Waals surface area contributed by atoms with Crippen molar-refractivity contribution < 1.29 is 32.2 Å². The molecule has 1 fully saturated rings. The SMILES string of the molecule is COC(=O)c1nc(C2CC2)cnc1Nc1cccc(C2=CCOCC2)c1OCC(F)(F)F. The van der Waals surface area contributed by atoms with Crippen molar-refractivity contribution in [2.24, 2.45) is 0 Å². The van der Waals surface area contributed by atoms with E-state index in [1.165, 1.54) is 7.11 Å². The molecule has 1 aromatic heterocycles. The maximum Gasteiger partial charge on any atom is 0.422 e. The Bertz CT molecular complexity index is 1040. The van der Waals surface area contributed by atoms with Crippen LogP contribution in [0.25, 0.3) is 5.57 Å². The molecule has 0 spiro atoms. The van der Waals surface area contributed by atoms with Gasteiger partial charge >= 0.3 is 12.1 Å². The van der Waals surface area contributed by atoms with Crippen molar-refractivity contribution in [3.63, 3.8) is 0 Å². The number of hydrogen-bond acceptors (Lipinski definition) is 7. The molecule has 1 aliphatic carbocycles. The van der Waals surface area contributed by atoms with Gasteiger partial charge in [0.15, 0.2) is 23.9 Å². The molecule has 1 saturated carbocycles. The number of halogens is 3. The molecule has 1 N–H and O–H groups in total. The van der Waals surface area contributed by atoms with Crippen LogP contribution in [-0.4, -0.2) is 49.0 Å². The van der Waals surface area contributed by atoms with Gasteiger partial charge < -0.3 is 19.5 Å². The number of alkyl halides is 3. The average molecular weight is 449 g/mol. The van der Waals surface area contributed by atoms with Gasteiger partial charge in [-0.3, -0.25) is 0 Å². The molecule has 0 radical (unpaired) electrons. The largest absolute Gasteiger partial charge is 0.481 e. The molecule has 0 unspecified atom stereocenters. The van der Waals surface area contributed by atoms with Gasteiger partial charge in [-0.2, -0.15) is 13.2 Å². The maximum atomic E-state index is 13.0. The van der Waals surface area contributed by atoms with E-state index in [4.69, 9.17) is 14.2 Å². The first kappa shape index (κ1) is 22.1. The monoisotopic (exact) mass is 449 g/mol. The second kappa shape index (κ2) is 9.15. The Morgan fingerprint density at radius 3 is 2.78 bits per heavy atom. The van der Waals surface area contributed by atoms with E-state index in [0.717, 1.165) is 18.4 Å². The van der Waals surface area contributed by atoms with Crippen LogP contribution in [0, 0.1) is 0 Å². The smallest absolute Gasteiger partial charge is 0.422 e. The van der Waals surface area contributed by atoms with Gasteiger partial charge in [0.1, 0.15) is 0 Å². The summed E-state index contributed by atoms with van der Waals surface area (Å²) < 4.78 is 54.2. The number of hydrogen-bond donors (Lipinski definition) is 1. The molecular formula is C22H22F3N3O4. The minimum atomic E-state index is -4.52. The van der Waals surface area contributed by atoms with E-state index < -0.39 is 18.8 Å². The lowest BCUT2D eigenvalue weighted by molar-refractivity contribution is -0.153. The van der Waals surface area contributed by atoms with E-state index in [2.05, 4.69) is 15.3 Å². The Balaban J connectivity index is 1.73. The lowest BCUT2D eigenvalue weighted by Crippen LogP contribution is -2.20. The van der Waals surface area contributed by atoms with Crippen LogP contribution in [0.4, 0.5) is 24.7 Å². The van der Waals surface area contributed by atoms with Crippen molar-refractivity contribution in [1.29, 1.82) is 0 Å². The summed E-state index contributed by atoms with van der Waals surface area (Å²) in [5.41, 5.74) is 2.22. The van der Waals surface area contributed by atoms with Crippen LogP contribution in [0.5, 0.6) is 5.75 Å². The normalized spacial score (nSPS) is 16.3. The number of ether oxygens (including phenoxy) is 3. The Morgan fingerprint density at radius 1 is 1.31 bits per heavy atom. The van der Waals surface area contributed by atoms with Gasteiger partial charge in [-0.1, -0.05) is 18.2 Å². The molecule has 7 nitrogen and oxygen atoms in total. The van der Waals surface area contributed by atoms with E-state index in [9.17, 15) is 18.0 Å². The summed E-state index contributed by atoms with van der Waals surface area (Å²) in [5.74, 6) is -0.337. The number of carbonyl (C=O) groups is 1. The Hall–Kier alpha value is -3.14. The fraction of sp³-hybridized carbons (Fsp3) is 0.409. The summed E-state index contributed by atoms with van der Waals surface area (Å²) in [7, 11) is 1.23. The number of esters is 1. The van der Waals surface area contributed by atoms with Crippen LogP contribution >= 0.6 is 0 Å². The highest BCUT2D eigenvalue weighted by Crippen LogP contribution is 2.41. The highest BCUT2D eigenvalue weighted by Gasteiger charge is 2.31. The second-order valence-corrected chi connectivity index (χ2v) is 7.52. The molecule has 32 heavy (non-hydrogen) atoms. The molecule has 0 saturated heterocycles. The molecule has 170 valence electrons. The predicted octanol–water partition coefficient (Wildman–Crippen LogP) is 4.63. The summed E-state index contributed by atoms with van der Waals surface area (Å²) >= 11 is 0. The molecule has 4 rings (SSSR count). The third-order valence-corrected chi connectivity index (χ3v) is 5.12. The summed E-state index contributed by atoms with van der Waals surface area (Å²) in [6.45, 7) is -0.631.